The first kappa shape index (κ1) is 17.0. The van der Waals surface area contributed by atoms with Gasteiger partial charge in [-0.25, -0.2) is 13.1 Å². The van der Waals surface area contributed by atoms with E-state index in [0.717, 1.165) is 6.07 Å². The lowest BCUT2D eigenvalue weighted by Crippen LogP contribution is -2.23. The second-order valence-corrected chi connectivity index (χ2v) is 6.87. The third-order valence-corrected chi connectivity index (χ3v) is 4.96. The summed E-state index contributed by atoms with van der Waals surface area (Å²) in [5.41, 5.74) is 0.240. The Morgan fingerprint density at radius 3 is 2.68 bits per heavy atom. The molecular weight excluding hydrogens is 352 g/mol. The lowest BCUT2D eigenvalue weighted by atomic mass is 10.2. The van der Waals surface area contributed by atoms with E-state index < -0.39 is 20.6 Å². The van der Waals surface area contributed by atoms with Crippen molar-refractivity contribution in [2.75, 3.05) is 13.9 Å². The van der Waals surface area contributed by atoms with Gasteiger partial charge in [-0.1, -0.05) is 6.07 Å². The van der Waals surface area contributed by atoms with Crippen LogP contribution < -0.4 is 18.9 Å². The van der Waals surface area contributed by atoms with Crippen molar-refractivity contribution >= 4 is 15.7 Å². The fraction of sp³-hybridized carbons (Fsp3) is 0.200. The van der Waals surface area contributed by atoms with Gasteiger partial charge >= 0.3 is 5.69 Å². The Bertz CT molecular complexity index is 927. The Morgan fingerprint density at radius 1 is 1.20 bits per heavy atom. The van der Waals surface area contributed by atoms with Gasteiger partial charge in [-0.3, -0.25) is 10.1 Å². The van der Waals surface area contributed by atoms with Gasteiger partial charge in [-0.15, -0.1) is 0 Å². The van der Waals surface area contributed by atoms with Crippen LogP contribution in [0.25, 0.3) is 0 Å². The van der Waals surface area contributed by atoms with Crippen LogP contribution in [0.1, 0.15) is 5.56 Å². The van der Waals surface area contributed by atoms with Crippen molar-refractivity contribution in [1.82, 2.24) is 4.72 Å². The van der Waals surface area contributed by atoms with E-state index in [-0.39, 0.29) is 24.0 Å². The van der Waals surface area contributed by atoms with Crippen LogP contribution in [0.3, 0.4) is 0 Å². The number of benzene rings is 2. The Kier molecular flexibility index (Phi) is 4.47. The van der Waals surface area contributed by atoms with E-state index in [9.17, 15) is 18.5 Å². The van der Waals surface area contributed by atoms with Crippen molar-refractivity contribution in [2.24, 2.45) is 0 Å². The summed E-state index contributed by atoms with van der Waals surface area (Å²) in [7, 11) is -2.66. The molecule has 25 heavy (non-hydrogen) atoms. The summed E-state index contributed by atoms with van der Waals surface area (Å²) in [6.45, 7) is 0.124. The standard InChI is InChI=1S/C15H14N2O7S/c1-22-13-5-3-11(7-12(13)17(18)19)25(20,21)16-8-10-2-4-14-15(6-10)24-9-23-14/h2-7,16H,8-9H2,1H3. The molecule has 3 rings (SSSR count). The highest BCUT2D eigenvalue weighted by molar-refractivity contribution is 7.89. The van der Waals surface area contributed by atoms with Gasteiger partial charge in [0.25, 0.3) is 0 Å². The number of sulfonamides is 1. The van der Waals surface area contributed by atoms with Crippen molar-refractivity contribution in [1.29, 1.82) is 0 Å². The first-order valence-corrected chi connectivity index (χ1v) is 8.59. The number of nitrogens with one attached hydrogen (secondary N) is 1. The van der Waals surface area contributed by atoms with E-state index in [1.165, 1.54) is 19.2 Å². The first-order valence-electron chi connectivity index (χ1n) is 7.11. The van der Waals surface area contributed by atoms with Crippen LogP contribution in [0.5, 0.6) is 17.2 Å². The van der Waals surface area contributed by atoms with Crippen molar-refractivity contribution < 1.29 is 27.6 Å². The maximum atomic E-state index is 12.4. The van der Waals surface area contributed by atoms with Gasteiger partial charge in [0.15, 0.2) is 17.2 Å². The summed E-state index contributed by atoms with van der Waals surface area (Å²) in [6, 6.07) is 8.50. The van der Waals surface area contributed by atoms with Crippen molar-refractivity contribution in [3.8, 4) is 17.2 Å². The lowest BCUT2D eigenvalue weighted by Gasteiger charge is -2.09. The predicted molar refractivity (Wildman–Crippen MR) is 86.2 cm³/mol. The number of nitro groups is 1. The summed E-state index contributed by atoms with van der Waals surface area (Å²) in [5.74, 6) is 1.12. The van der Waals surface area contributed by atoms with Gasteiger partial charge in [-0.2, -0.15) is 0 Å². The molecule has 0 aliphatic carbocycles. The number of nitrogens with zero attached hydrogens (tertiary/aromatic N) is 1. The van der Waals surface area contributed by atoms with Crippen LogP contribution in [-0.2, 0) is 16.6 Å². The minimum absolute atomic E-state index is 0.00119. The van der Waals surface area contributed by atoms with Crippen molar-refractivity contribution in [3.63, 3.8) is 0 Å². The highest BCUT2D eigenvalue weighted by atomic mass is 32.2. The predicted octanol–water partition coefficient (Wildman–Crippen LogP) is 1.81. The lowest BCUT2D eigenvalue weighted by molar-refractivity contribution is -0.386. The fourth-order valence-electron chi connectivity index (χ4n) is 2.29. The molecular formula is C15H14N2O7S. The van der Waals surface area contributed by atoms with Crippen molar-refractivity contribution in [3.05, 3.63) is 52.1 Å². The van der Waals surface area contributed by atoms with Gasteiger partial charge in [0.2, 0.25) is 16.8 Å². The van der Waals surface area contributed by atoms with Gasteiger partial charge in [-0.05, 0) is 29.8 Å². The zero-order chi connectivity index (χ0) is 18.0. The Balaban J connectivity index is 1.80. The minimum Gasteiger partial charge on any atom is -0.490 e. The molecule has 0 spiro atoms. The number of hydrogen-bond acceptors (Lipinski definition) is 7. The molecule has 1 aliphatic heterocycles. The third kappa shape index (κ3) is 3.49. The molecule has 1 heterocycles. The van der Waals surface area contributed by atoms with Gasteiger partial charge < -0.3 is 14.2 Å². The number of ether oxygens (including phenoxy) is 3. The SMILES string of the molecule is COc1ccc(S(=O)(=O)NCc2ccc3c(c2)OCO3)cc1[N+](=O)[O-]. The molecule has 9 nitrogen and oxygen atoms in total. The molecule has 2 aromatic rings. The van der Waals surface area contributed by atoms with Gasteiger partial charge in [0, 0.05) is 12.6 Å². The average Bonchev–Trinajstić information content (AvgIpc) is 3.07. The topological polar surface area (TPSA) is 117 Å². The maximum absolute atomic E-state index is 12.4. The van der Waals surface area contributed by atoms with Crippen LogP contribution in [-0.4, -0.2) is 27.2 Å². The molecule has 0 amide bonds. The molecule has 0 unspecified atom stereocenters. The monoisotopic (exact) mass is 366 g/mol. The molecule has 0 saturated heterocycles. The molecule has 0 bridgehead atoms. The molecule has 1 N–H and O–H groups in total. The van der Waals surface area contributed by atoms with E-state index in [1.807, 2.05) is 0 Å². The number of hydrogen-bond donors (Lipinski definition) is 1. The van der Waals surface area contributed by atoms with Gasteiger partial charge in [0.1, 0.15) is 0 Å². The molecule has 10 heteroatoms. The van der Waals surface area contributed by atoms with E-state index in [0.29, 0.717) is 17.1 Å². The van der Waals surface area contributed by atoms with E-state index >= 15 is 0 Å². The Hall–Kier alpha value is -2.85. The van der Waals surface area contributed by atoms with E-state index in [2.05, 4.69) is 4.72 Å². The van der Waals surface area contributed by atoms with Crippen LogP contribution in [0, 0.1) is 10.1 Å². The molecule has 0 aromatic heterocycles. The number of methoxy groups -OCH3 is 1. The van der Waals surface area contributed by atoms with Crippen LogP contribution in [0.4, 0.5) is 5.69 Å². The zero-order valence-corrected chi connectivity index (χ0v) is 13.9. The van der Waals surface area contributed by atoms with E-state index in [4.69, 9.17) is 14.2 Å². The number of rotatable bonds is 6. The zero-order valence-electron chi connectivity index (χ0n) is 13.1. The van der Waals surface area contributed by atoms with Crippen LogP contribution in [0.2, 0.25) is 0 Å². The normalized spacial score (nSPS) is 12.8. The molecule has 132 valence electrons. The highest BCUT2D eigenvalue weighted by Crippen LogP contribution is 2.33. The smallest absolute Gasteiger partial charge is 0.312 e. The summed E-state index contributed by atoms with van der Waals surface area (Å²) in [4.78, 5) is 10.1. The second-order valence-electron chi connectivity index (χ2n) is 5.10. The van der Waals surface area contributed by atoms with Crippen LogP contribution in [0.15, 0.2) is 41.3 Å². The van der Waals surface area contributed by atoms with Crippen molar-refractivity contribution in [2.45, 2.75) is 11.4 Å². The van der Waals surface area contributed by atoms with Crippen LogP contribution >= 0.6 is 0 Å². The molecule has 0 atom stereocenters. The number of fused-ring (bicyclic) bond motifs is 1. The molecule has 1 aliphatic rings. The fourth-order valence-corrected chi connectivity index (χ4v) is 3.33. The summed E-state index contributed by atoms with van der Waals surface area (Å²) in [6.07, 6.45) is 0. The number of nitro benzene ring substituents is 1. The van der Waals surface area contributed by atoms with Gasteiger partial charge in [0.05, 0.1) is 16.9 Å². The Labute approximate surface area is 143 Å². The second kappa shape index (κ2) is 6.57. The maximum Gasteiger partial charge on any atom is 0.312 e. The minimum atomic E-state index is -3.94. The molecule has 0 fully saturated rings. The molecule has 0 saturated carbocycles. The Morgan fingerprint density at radius 2 is 1.96 bits per heavy atom. The summed E-state index contributed by atoms with van der Waals surface area (Å²) in [5, 5.41) is 11.0. The summed E-state index contributed by atoms with van der Waals surface area (Å²) >= 11 is 0. The first-order chi connectivity index (χ1) is 11.9. The average molecular weight is 366 g/mol. The third-order valence-electron chi connectivity index (χ3n) is 3.56. The molecule has 2 aromatic carbocycles. The molecule has 0 radical (unpaired) electrons. The highest BCUT2D eigenvalue weighted by Gasteiger charge is 2.22. The van der Waals surface area contributed by atoms with E-state index in [1.54, 1.807) is 18.2 Å². The largest absolute Gasteiger partial charge is 0.490 e. The quantitative estimate of drug-likeness (QED) is 0.612. The summed E-state index contributed by atoms with van der Waals surface area (Å²) < 4.78 is 42.5.